The third kappa shape index (κ3) is 3.29. The molecule has 0 aromatic heterocycles. The van der Waals surface area contributed by atoms with E-state index < -0.39 is 5.97 Å². The Kier molecular flexibility index (Phi) is 3.77. The molecule has 3 heteroatoms. The van der Waals surface area contributed by atoms with Crippen LogP contribution in [-0.4, -0.2) is 11.1 Å². The Labute approximate surface area is 100 Å². The third-order valence-corrected chi connectivity index (χ3v) is 3.65. The highest BCUT2D eigenvalue weighted by molar-refractivity contribution is 5.67. The van der Waals surface area contributed by atoms with E-state index in [9.17, 15) is 9.18 Å². The molecule has 1 aromatic carbocycles. The van der Waals surface area contributed by atoms with Gasteiger partial charge in [0.2, 0.25) is 0 Å². The monoisotopic (exact) mass is 236 g/mol. The second-order valence-corrected chi connectivity index (χ2v) is 4.87. The van der Waals surface area contributed by atoms with Gasteiger partial charge in [-0.3, -0.25) is 4.79 Å². The molecule has 0 aliphatic heterocycles. The molecule has 0 saturated heterocycles. The quantitative estimate of drug-likeness (QED) is 0.871. The molecule has 0 amide bonds. The Hall–Kier alpha value is -1.38. The van der Waals surface area contributed by atoms with Crippen molar-refractivity contribution in [3.8, 4) is 0 Å². The van der Waals surface area contributed by atoms with Gasteiger partial charge in [-0.1, -0.05) is 12.1 Å². The average Bonchev–Trinajstić information content (AvgIpc) is 2.30. The van der Waals surface area contributed by atoms with Gasteiger partial charge in [0.15, 0.2) is 0 Å². The molecule has 0 heterocycles. The zero-order chi connectivity index (χ0) is 12.3. The Morgan fingerprint density at radius 3 is 2.29 bits per heavy atom. The molecule has 1 N–H and O–H groups in total. The average molecular weight is 236 g/mol. The van der Waals surface area contributed by atoms with Crippen molar-refractivity contribution < 1.29 is 14.3 Å². The first-order valence-corrected chi connectivity index (χ1v) is 6.12. The standard InChI is InChI=1S/C14H17FO2/c15-13-7-5-12(6-8-13)11-3-1-10(2-4-11)9-14(16)17/h5-8,10-11H,1-4,9H2,(H,16,17)/t10-,11-. The molecule has 2 rings (SSSR count). The summed E-state index contributed by atoms with van der Waals surface area (Å²) in [6, 6.07) is 6.69. The lowest BCUT2D eigenvalue weighted by atomic mass is 9.77. The van der Waals surface area contributed by atoms with Crippen molar-refractivity contribution in [2.75, 3.05) is 0 Å². The van der Waals surface area contributed by atoms with Crippen LogP contribution in [0.2, 0.25) is 0 Å². The number of aliphatic carboxylic acids is 1. The third-order valence-electron chi connectivity index (χ3n) is 3.65. The number of carboxylic acids is 1. The van der Waals surface area contributed by atoms with E-state index in [0.717, 1.165) is 25.7 Å². The summed E-state index contributed by atoms with van der Waals surface area (Å²) in [5.41, 5.74) is 1.18. The molecule has 1 aliphatic carbocycles. The van der Waals surface area contributed by atoms with Gasteiger partial charge in [0.05, 0.1) is 0 Å². The predicted octanol–water partition coefficient (Wildman–Crippen LogP) is 3.57. The number of hydrogen-bond donors (Lipinski definition) is 1. The Bertz CT molecular complexity index is 378. The molecular formula is C14H17FO2. The van der Waals surface area contributed by atoms with E-state index >= 15 is 0 Å². The lowest BCUT2D eigenvalue weighted by molar-refractivity contribution is -0.138. The van der Waals surface area contributed by atoms with Gasteiger partial charge in [-0.2, -0.15) is 0 Å². The summed E-state index contributed by atoms with van der Waals surface area (Å²) in [7, 11) is 0. The number of carboxylic acid groups (broad SMARTS) is 1. The second-order valence-electron chi connectivity index (χ2n) is 4.87. The summed E-state index contributed by atoms with van der Waals surface area (Å²) >= 11 is 0. The van der Waals surface area contributed by atoms with Crippen molar-refractivity contribution in [2.24, 2.45) is 5.92 Å². The maximum absolute atomic E-state index is 12.8. The topological polar surface area (TPSA) is 37.3 Å². The molecule has 17 heavy (non-hydrogen) atoms. The molecule has 1 fully saturated rings. The van der Waals surface area contributed by atoms with Gasteiger partial charge in [-0.25, -0.2) is 4.39 Å². The molecule has 0 radical (unpaired) electrons. The lowest BCUT2D eigenvalue weighted by Gasteiger charge is -2.27. The van der Waals surface area contributed by atoms with Crippen LogP contribution in [0.25, 0.3) is 0 Å². The SMILES string of the molecule is O=C(O)C[C@H]1CC[C@H](c2ccc(F)cc2)CC1. The highest BCUT2D eigenvalue weighted by Gasteiger charge is 2.23. The summed E-state index contributed by atoms with van der Waals surface area (Å²) in [4.78, 5) is 10.6. The Morgan fingerprint density at radius 1 is 1.18 bits per heavy atom. The summed E-state index contributed by atoms with van der Waals surface area (Å²) in [6.07, 6.45) is 4.26. The van der Waals surface area contributed by atoms with Gasteiger partial charge in [0.25, 0.3) is 0 Å². The summed E-state index contributed by atoms with van der Waals surface area (Å²) in [6.45, 7) is 0. The molecule has 0 unspecified atom stereocenters. The predicted molar refractivity (Wildman–Crippen MR) is 63.4 cm³/mol. The summed E-state index contributed by atoms with van der Waals surface area (Å²) in [5, 5.41) is 8.74. The zero-order valence-corrected chi connectivity index (χ0v) is 9.73. The van der Waals surface area contributed by atoms with E-state index in [2.05, 4.69) is 0 Å². The van der Waals surface area contributed by atoms with Gasteiger partial charge in [-0.05, 0) is 55.2 Å². The van der Waals surface area contributed by atoms with Crippen LogP contribution in [0, 0.1) is 11.7 Å². The summed E-state index contributed by atoms with van der Waals surface area (Å²) in [5.74, 6) is -0.103. The zero-order valence-electron chi connectivity index (χ0n) is 9.73. The number of hydrogen-bond acceptors (Lipinski definition) is 1. The fourth-order valence-corrected chi connectivity index (χ4v) is 2.68. The van der Waals surface area contributed by atoms with Crippen LogP contribution in [0.5, 0.6) is 0 Å². The van der Waals surface area contributed by atoms with Gasteiger partial charge < -0.3 is 5.11 Å². The number of carbonyl (C=O) groups is 1. The molecule has 0 bridgehead atoms. The molecule has 1 saturated carbocycles. The van der Waals surface area contributed by atoms with Crippen LogP contribution in [0.1, 0.15) is 43.6 Å². The van der Waals surface area contributed by atoms with E-state index in [1.54, 1.807) is 0 Å². The van der Waals surface area contributed by atoms with Crippen LogP contribution < -0.4 is 0 Å². The maximum Gasteiger partial charge on any atom is 0.303 e. The van der Waals surface area contributed by atoms with Crippen molar-refractivity contribution in [3.05, 3.63) is 35.6 Å². The fourth-order valence-electron chi connectivity index (χ4n) is 2.68. The van der Waals surface area contributed by atoms with E-state index in [4.69, 9.17) is 5.11 Å². The van der Waals surface area contributed by atoms with Crippen LogP contribution in [0.4, 0.5) is 4.39 Å². The summed E-state index contributed by atoms with van der Waals surface area (Å²) < 4.78 is 12.8. The highest BCUT2D eigenvalue weighted by atomic mass is 19.1. The number of benzene rings is 1. The minimum atomic E-state index is -0.699. The first kappa shape index (κ1) is 12.1. The normalized spacial score (nSPS) is 24.5. The molecule has 0 atom stereocenters. The van der Waals surface area contributed by atoms with Crippen molar-refractivity contribution >= 4 is 5.97 Å². The molecule has 1 aromatic rings. The molecular weight excluding hydrogens is 219 g/mol. The van der Waals surface area contributed by atoms with Crippen LogP contribution >= 0.6 is 0 Å². The van der Waals surface area contributed by atoms with E-state index in [1.165, 1.54) is 17.7 Å². The van der Waals surface area contributed by atoms with Crippen molar-refractivity contribution in [1.82, 2.24) is 0 Å². The van der Waals surface area contributed by atoms with Gasteiger partial charge in [0, 0.05) is 6.42 Å². The second kappa shape index (κ2) is 5.30. The first-order valence-electron chi connectivity index (χ1n) is 6.12. The molecule has 0 spiro atoms. The van der Waals surface area contributed by atoms with Crippen LogP contribution in [-0.2, 0) is 4.79 Å². The molecule has 1 aliphatic rings. The van der Waals surface area contributed by atoms with Gasteiger partial charge in [0.1, 0.15) is 5.82 Å². The maximum atomic E-state index is 12.8. The van der Waals surface area contributed by atoms with Crippen molar-refractivity contribution in [1.29, 1.82) is 0 Å². The number of rotatable bonds is 3. The van der Waals surface area contributed by atoms with E-state index in [0.29, 0.717) is 11.8 Å². The van der Waals surface area contributed by atoms with E-state index in [1.807, 2.05) is 12.1 Å². The Morgan fingerprint density at radius 2 is 1.76 bits per heavy atom. The molecule has 2 nitrogen and oxygen atoms in total. The van der Waals surface area contributed by atoms with Crippen LogP contribution in [0.15, 0.2) is 24.3 Å². The largest absolute Gasteiger partial charge is 0.481 e. The first-order chi connectivity index (χ1) is 8.15. The minimum Gasteiger partial charge on any atom is -0.481 e. The lowest BCUT2D eigenvalue weighted by Crippen LogP contribution is -2.16. The van der Waals surface area contributed by atoms with Crippen LogP contribution in [0.3, 0.4) is 0 Å². The molecule has 92 valence electrons. The fraction of sp³-hybridized carbons (Fsp3) is 0.500. The minimum absolute atomic E-state index is 0.201. The highest BCUT2D eigenvalue weighted by Crippen LogP contribution is 2.36. The Balaban J connectivity index is 1.90. The van der Waals surface area contributed by atoms with Crippen molar-refractivity contribution in [2.45, 2.75) is 38.0 Å². The van der Waals surface area contributed by atoms with Gasteiger partial charge in [-0.15, -0.1) is 0 Å². The smallest absolute Gasteiger partial charge is 0.303 e. The number of halogens is 1. The van der Waals surface area contributed by atoms with Gasteiger partial charge >= 0.3 is 5.97 Å². The van der Waals surface area contributed by atoms with Crippen molar-refractivity contribution in [3.63, 3.8) is 0 Å². The van der Waals surface area contributed by atoms with E-state index in [-0.39, 0.29) is 12.2 Å².